The van der Waals surface area contributed by atoms with Crippen LogP contribution in [0.2, 0.25) is 0 Å². The number of hydrogen-bond donors (Lipinski definition) is 2. The smallest absolute Gasteiger partial charge is 0.271 e. The summed E-state index contributed by atoms with van der Waals surface area (Å²) in [6.07, 6.45) is -2.52. The van der Waals surface area contributed by atoms with Crippen molar-refractivity contribution in [2.45, 2.75) is 51.7 Å². The highest BCUT2D eigenvalue weighted by Gasteiger charge is 2.42. The third kappa shape index (κ3) is 3.77. The number of benzene rings is 1. The lowest BCUT2D eigenvalue weighted by molar-refractivity contribution is -0.184. The zero-order valence-corrected chi connectivity index (χ0v) is 12.5. The van der Waals surface area contributed by atoms with Crippen LogP contribution < -0.4 is 11.3 Å². The van der Waals surface area contributed by atoms with E-state index in [4.69, 9.17) is 5.84 Å². The van der Waals surface area contributed by atoms with Crippen molar-refractivity contribution in [1.82, 2.24) is 5.43 Å². The van der Waals surface area contributed by atoms with E-state index in [2.05, 4.69) is 11.5 Å². The average molecular weight is 300 g/mol. The second kappa shape index (κ2) is 6.36. The molecule has 1 fully saturated rings. The molecule has 21 heavy (non-hydrogen) atoms. The molecule has 0 bridgehead atoms. The van der Waals surface area contributed by atoms with Crippen molar-refractivity contribution < 1.29 is 13.2 Å². The Labute approximate surface area is 123 Å². The van der Waals surface area contributed by atoms with Crippen LogP contribution in [0.15, 0.2) is 18.2 Å². The SMILES string of the molecule is Cc1ccc(C(NN)C2CCC(C(F)(F)F)CC2)c(C)c1. The Morgan fingerprint density at radius 2 is 1.76 bits per heavy atom. The Morgan fingerprint density at radius 3 is 2.24 bits per heavy atom. The van der Waals surface area contributed by atoms with Crippen molar-refractivity contribution in [2.24, 2.45) is 17.7 Å². The second-order valence-electron chi connectivity index (χ2n) is 6.16. The Bertz CT molecular complexity index is 477. The van der Waals surface area contributed by atoms with Gasteiger partial charge in [0.25, 0.3) is 0 Å². The summed E-state index contributed by atoms with van der Waals surface area (Å²) in [5, 5.41) is 0. The van der Waals surface area contributed by atoms with Crippen molar-refractivity contribution >= 4 is 0 Å². The van der Waals surface area contributed by atoms with E-state index in [-0.39, 0.29) is 24.8 Å². The van der Waals surface area contributed by atoms with Gasteiger partial charge in [0.2, 0.25) is 0 Å². The lowest BCUT2D eigenvalue weighted by Crippen LogP contribution is -2.37. The first-order chi connectivity index (χ1) is 9.82. The summed E-state index contributed by atoms with van der Waals surface area (Å²) in [4.78, 5) is 0. The monoisotopic (exact) mass is 300 g/mol. The quantitative estimate of drug-likeness (QED) is 0.649. The molecule has 1 aliphatic rings. The zero-order valence-electron chi connectivity index (χ0n) is 12.5. The number of hydrazine groups is 1. The summed E-state index contributed by atoms with van der Waals surface area (Å²) in [5.41, 5.74) is 6.23. The predicted octanol–water partition coefficient (Wildman–Crippen LogP) is 4.18. The Hall–Kier alpha value is -1.07. The summed E-state index contributed by atoms with van der Waals surface area (Å²) in [5.74, 6) is 4.71. The number of halogens is 3. The van der Waals surface area contributed by atoms with Crippen LogP contribution in [-0.4, -0.2) is 6.18 Å². The molecule has 1 aromatic carbocycles. The molecule has 0 spiro atoms. The molecule has 2 rings (SSSR count). The summed E-state index contributed by atoms with van der Waals surface area (Å²) in [6.45, 7) is 4.05. The van der Waals surface area contributed by atoms with Gasteiger partial charge in [-0.15, -0.1) is 0 Å². The van der Waals surface area contributed by atoms with Gasteiger partial charge >= 0.3 is 6.18 Å². The van der Waals surface area contributed by atoms with Crippen LogP contribution in [0.4, 0.5) is 13.2 Å². The molecule has 2 nitrogen and oxygen atoms in total. The fourth-order valence-corrected chi connectivity index (χ4v) is 3.43. The molecule has 0 radical (unpaired) electrons. The van der Waals surface area contributed by atoms with Crippen molar-refractivity contribution in [3.8, 4) is 0 Å². The molecule has 3 N–H and O–H groups in total. The highest BCUT2D eigenvalue weighted by atomic mass is 19.4. The van der Waals surface area contributed by atoms with Crippen LogP contribution in [-0.2, 0) is 0 Å². The molecule has 0 aliphatic heterocycles. The van der Waals surface area contributed by atoms with E-state index in [0.29, 0.717) is 12.8 Å². The number of nitrogens with two attached hydrogens (primary N) is 1. The minimum absolute atomic E-state index is 0.0696. The maximum atomic E-state index is 12.7. The topological polar surface area (TPSA) is 38.0 Å². The highest BCUT2D eigenvalue weighted by molar-refractivity contribution is 5.33. The lowest BCUT2D eigenvalue weighted by atomic mass is 9.76. The van der Waals surface area contributed by atoms with Gasteiger partial charge in [0.1, 0.15) is 0 Å². The molecule has 5 heteroatoms. The molecule has 1 unspecified atom stereocenters. The largest absolute Gasteiger partial charge is 0.391 e. The van der Waals surface area contributed by atoms with Gasteiger partial charge in [0.05, 0.1) is 5.92 Å². The molecular weight excluding hydrogens is 277 g/mol. The number of rotatable bonds is 3. The molecular formula is C16H23F3N2. The molecule has 0 saturated heterocycles. The van der Waals surface area contributed by atoms with E-state index in [9.17, 15) is 13.2 Å². The Kier molecular flexibility index (Phi) is 4.94. The van der Waals surface area contributed by atoms with E-state index < -0.39 is 12.1 Å². The number of aryl methyl sites for hydroxylation is 2. The summed E-state index contributed by atoms with van der Waals surface area (Å²) in [6, 6.07) is 6.07. The van der Waals surface area contributed by atoms with Crippen LogP contribution in [0.1, 0.15) is 48.4 Å². The first-order valence-corrected chi connectivity index (χ1v) is 7.43. The molecule has 1 atom stereocenters. The maximum Gasteiger partial charge on any atom is 0.391 e. The van der Waals surface area contributed by atoms with Gasteiger partial charge in [-0.2, -0.15) is 13.2 Å². The van der Waals surface area contributed by atoms with Crippen molar-refractivity contribution in [3.05, 3.63) is 34.9 Å². The van der Waals surface area contributed by atoms with Crippen molar-refractivity contribution in [2.75, 3.05) is 0 Å². The van der Waals surface area contributed by atoms with Gasteiger partial charge < -0.3 is 0 Å². The fourth-order valence-electron chi connectivity index (χ4n) is 3.43. The maximum absolute atomic E-state index is 12.7. The standard InChI is InChI=1S/C16H23F3N2/c1-10-3-8-14(11(2)9-10)15(21-20)12-4-6-13(7-5-12)16(17,18)19/h3,8-9,12-13,15,21H,4-7,20H2,1-2H3. The van der Waals surface area contributed by atoms with Crippen LogP contribution in [0.3, 0.4) is 0 Å². The molecule has 0 amide bonds. The minimum Gasteiger partial charge on any atom is -0.271 e. The van der Waals surface area contributed by atoms with Crippen LogP contribution >= 0.6 is 0 Å². The van der Waals surface area contributed by atoms with E-state index in [1.807, 2.05) is 26.0 Å². The second-order valence-corrected chi connectivity index (χ2v) is 6.16. The van der Waals surface area contributed by atoms with Crippen LogP contribution in [0.25, 0.3) is 0 Å². The van der Waals surface area contributed by atoms with Gasteiger partial charge in [-0.1, -0.05) is 23.8 Å². The van der Waals surface area contributed by atoms with Gasteiger partial charge in [-0.3, -0.25) is 11.3 Å². The van der Waals surface area contributed by atoms with Gasteiger partial charge in [0, 0.05) is 6.04 Å². The van der Waals surface area contributed by atoms with Crippen LogP contribution in [0.5, 0.6) is 0 Å². The average Bonchev–Trinajstić information content (AvgIpc) is 2.41. The van der Waals surface area contributed by atoms with E-state index >= 15 is 0 Å². The van der Waals surface area contributed by atoms with Gasteiger partial charge in [0.15, 0.2) is 0 Å². The number of alkyl halides is 3. The Balaban J connectivity index is 2.09. The fraction of sp³-hybridized carbons (Fsp3) is 0.625. The molecule has 1 aromatic rings. The molecule has 1 saturated carbocycles. The van der Waals surface area contributed by atoms with E-state index in [0.717, 1.165) is 11.1 Å². The van der Waals surface area contributed by atoms with E-state index in [1.54, 1.807) is 0 Å². The molecule has 0 aromatic heterocycles. The van der Waals surface area contributed by atoms with Gasteiger partial charge in [-0.25, -0.2) is 0 Å². The van der Waals surface area contributed by atoms with Crippen LogP contribution in [0, 0.1) is 25.7 Å². The third-order valence-corrected chi connectivity index (χ3v) is 4.65. The number of nitrogens with one attached hydrogen (secondary N) is 1. The molecule has 1 aliphatic carbocycles. The van der Waals surface area contributed by atoms with Crippen molar-refractivity contribution in [1.29, 1.82) is 0 Å². The summed E-state index contributed by atoms with van der Waals surface area (Å²) < 4.78 is 38.2. The number of hydrogen-bond acceptors (Lipinski definition) is 2. The zero-order chi connectivity index (χ0) is 15.6. The highest BCUT2D eigenvalue weighted by Crippen LogP contribution is 2.43. The summed E-state index contributed by atoms with van der Waals surface area (Å²) in [7, 11) is 0. The molecule has 0 heterocycles. The van der Waals surface area contributed by atoms with Gasteiger partial charge in [-0.05, 0) is 56.6 Å². The third-order valence-electron chi connectivity index (χ3n) is 4.65. The predicted molar refractivity (Wildman–Crippen MR) is 77.5 cm³/mol. The normalized spacial score (nSPS) is 24.9. The van der Waals surface area contributed by atoms with Crippen molar-refractivity contribution in [3.63, 3.8) is 0 Å². The Morgan fingerprint density at radius 1 is 1.14 bits per heavy atom. The first-order valence-electron chi connectivity index (χ1n) is 7.43. The molecule has 118 valence electrons. The lowest BCUT2D eigenvalue weighted by Gasteiger charge is -2.35. The first kappa shape index (κ1) is 16.3. The summed E-state index contributed by atoms with van der Waals surface area (Å²) >= 11 is 0. The van der Waals surface area contributed by atoms with E-state index in [1.165, 1.54) is 5.56 Å². The minimum atomic E-state index is -4.06.